The van der Waals surface area contributed by atoms with Gasteiger partial charge in [0, 0.05) is 52.1 Å². The van der Waals surface area contributed by atoms with Crippen molar-refractivity contribution in [3.05, 3.63) is 71.9 Å². The molecule has 8 nitrogen and oxygen atoms in total. The highest BCUT2D eigenvalue weighted by atomic mass is 16.5. The molecular formula is C32H38N5O3+. The molecule has 1 amide bonds. The number of rotatable bonds is 13. The van der Waals surface area contributed by atoms with E-state index in [0.717, 1.165) is 81.6 Å². The van der Waals surface area contributed by atoms with Crippen molar-refractivity contribution in [1.82, 2.24) is 20.3 Å². The van der Waals surface area contributed by atoms with Crippen molar-refractivity contribution in [3.8, 4) is 17.0 Å². The lowest BCUT2D eigenvalue weighted by Crippen LogP contribution is -2.33. The minimum absolute atomic E-state index is 0.0451. The van der Waals surface area contributed by atoms with Crippen LogP contribution in [-0.2, 0) is 16.0 Å². The zero-order chi connectivity index (χ0) is 28.1. The predicted molar refractivity (Wildman–Crippen MR) is 157 cm³/mol. The van der Waals surface area contributed by atoms with Gasteiger partial charge in [0.25, 0.3) is 5.82 Å². The van der Waals surface area contributed by atoms with Crippen molar-refractivity contribution >= 4 is 33.5 Å². The molecule has 0 radical (unpaired) electrons. The number of unbranched alkanes of at least 4 members (excludes halogenated alkanes) is 2. The molecule has 208 valence electrons. The van der Waals surface area contributed by atoms with Gasteiger partial charge in [0.1, 0.15) is 23.8 Å². The first kappa shape index (κ1) is 27.2. The van der Waals surface area contributed by atoms with Crippen LogP contribution in [0.25, 0.3) is 33.1 Å². The number of carbonyl (C=O) groups is 2. The third kappa shape index (κ3) is 6.11. The van der Waals surface area contributed by atoms with Crippen LogP contribution in [0.2, 0.25) is 0 Å². The number of fused-ring (bicyclic) bond motifs is 2. The number of aryl methyl sites for hydroxylation is 1. The maximum Gasteiger partial charge on any atom is 0.275 e. The van der Waals surface area contributed by atoms with E-state index in [4.69, 9.17) is 4.74 Å². The van der Waals surface area contributed by atoms with Gasteiger partial charge in [0.05, 0.1) is 13.5 Å². The number of H-pyrrole nitrogens is 4. The Morgan fingerprint density at radius 1 is 1.02 bits per heavy atom. The minimum atomic E-state index is -0.209. The fraction of sp³-hybridized carbons (Fsp3) is 0.344. The van der Waals surface area contributed by atoms with Crippen LogP contribution >= 0.6 is 0 Å². The van der Waals surface area contributed by atoms with Crippen LogP contribution in [0.1, 0.15) is 68.6 Å². The number of nitrogens with one attached hydrogen (secondary N) is 5. The number of Topliss-reactive ketones (excluding diaryl/α,β-unsaturated/α-hetero) is 1. The molecule has 0 saturated heterocycles. The molecule has 0 aliphatic rings. The average Bonchev–Trinajstić information content (AvgIpc) is 3.70. The summed E-state index contributed by atoms with van der Waals surface area (Å²) >= 11 is 0. The van der Waals surface area contributed by atoms with E-state index >= 15 is 0 Å². The Labute approximate surface area is 233 Å². The molecule has 5 aromatic rings. The van der Waals surface area contributed by atoms with E-state index in [9.17, 15) is 9.59 Å². The van der Waals surface area contributed by atoms with Crippen molar-refractivity contribution in [2.75, 3.05) is 7.11 Å². The van der Waals surface area contributed by atoms with Crippen molar-refractivity contribution in [3.63, 3.8) is 0 Å². The standard InChI is InChI=1S/C32H37N5O3/c1-4-23(38)8-6-5-7-9-29(32-34-19-30(37-32)21-10-12-27-22(16-21)14-15-33-27)36-31(39)18-25-20(2)35-28-13-11-24(40-3)17-26(25)28/h10-17,19,29,33,35H,4-9,18H2,1-3H3,(H,34,37)(H,36,39)/p+1. The van der Waals surface area contributed by atoms with Gasteiger partial charge in [-0.15, -0.1) is 0 Å². The highest BCUT2D eigenvalue weighted by Crippen LogP contribution is 2.28. The van der Waals surface area contributed by atoms with Gasteiger partial charge >= 0.3 is 0 Å². The molecule has 3 heterocycles. The summed E-state index contributed by atoms with van der Waals surface area (Å²) < 4.78 is 5.41. The molecule has 3 aromatic heterocycles. The molecule has 40 heavy (non-hydrogen) atoms. The number of ketones is 1. The maximum absolute atomic E-state index is 13.4. The van der Waals surface area contributed by atoms with Crippen LogP contribution in [0.15, 0.2) is 54.9 Å². The van der Waals surface area contributed by atoms with Crippen LogP contribution in [0, 0.1) is 6.92 Å². The summed E-state index contributed by atoms with van der Waals surface area (Å²) in [6, 6.07) is 14.0. The lowest BCUT2D eigenvalue weighted by Gasteiger charge is -2.14. The van der Waals surface area contributed by atoms with Crippen molar-refractivity contribution in [2.45, 2.75) is 64.8 Å². The molecule has 0 aliphatic carbocycles. The summed E-state index contributed by atoms with van der Waals surface area (Å²) in [6.45, 7) is 3.91. The highest BCUT2D eigenvalue weighted by molar-refractivity contribution is 5.91. The topological polar surface area (TPSA) is 117 Å². The first-order valence-electron chi connectivity index (χ1n) is 14.1. The predicted octanol–water partition coefficient (Wildman–Crippen LogP) is 6.11. The Morgan fingerprint density at radius 2 is 1.88 bits per heavy atom. The van der Waals surface area contributed by atoms with Crippen LogP contribution in [0.4, 0.5) is 0 Å². The largest absolute Gasteiger partial charge is 0.497 e. The number of hydrogen-bond acceptors (Lipinski definition) is 3. The van der Waals surface area contributed by atoms with E-state index in [2.05, 4.69) is 49.5 Å². The number of aromatic nitrogens is 4. The molecule has 5 rings (SSSR count). The minimum Gasteiger partial charge on any atom is -0.497 e. The monoisotopic (exact) mass is 540 g/mol. The molecule has 5 N–H and O–H groups in total. The number of hydrogen-bond donors (Lipinski definition) is 4. The fourth-order valence-electron chi connectivity index (χ4n) is 5.37. The highest BCUT2D eigenvalue weighted by Gasteiger charge is 2.24. The van der Waals surface area contributed by atoms with Crippen LogP contribution in [-0.4, -0.2) is 33.8 Å². The third-order valence-electron chi connectivity index (χ3n) is 7.70. The average molecular weight is 541 g/mol. The molecule has 8 heteroatoms. The molecule has 0 aliphatic heterocycles. The SMILES string of the molecule is CCC(=O)CCCCCC(NC(=O)Cc1c(C)[nH]c2ccc(OC)cc12)c1[nH]c(-c2ccc3[nH]ccc3c2)c[nH+]1. The van der Waals surface area contributed by atoms with E-state index in [1.807, 2.05) is 44.4 Å². The summed E-state index contributed by atoms with van der Waals surface area (Å²) in [4.78, 5) is 38.6. The number of benzene rings is 2. The summed E-state index contributed by atoms with van der Waals surface area (Å²) in [6.07, 6.45) is 8.85. The van der Waals surface area contributed by atoms with E-state index in [1.165, 1.54) is 0 Å². The van der Waals surface area contributed by atoms with E-state index in [0.29, 0.717) is 18.6 Å². The normalized spacial score (nSPS) is 12.2. The van der Waals surface area contributed by atoms with E-state index in [-0.39, 0.29) is 18.4 Å². The van der Waals surface area contributed by atoms with Gasteiger partial charge in [-0.3, -0.25) is 9.59 Å². The van der Waals surface area contributed by atoms with Crippen molar-refractivity contribution in [2.24, 2.45) is 0 Å². The number of carbonyl (C=O) groups excluding carboxylic acids is 2. The zero-order valence-corrected chi connectivity index (χ0v) is 23.4. The smallest absolute Gasteiger partial charge is 0.275 e. The number of ether oxygens (including phenoxy) is 1. The second-order valence-electron chi connectivity index (χ2n) is 10.4. The number of aromatic amines is 4. The summed E-state index contributed by atoms with van der Waals surface area (Å²) in [7, 11) is 1.65. The number of amides is 1. The zero-order valence-electron chi connectivity index (χ0n) is 23.4. The molecule has 0 spiro atoms. The van der Waals surface area contributed by atoms with Gasteiger partial charge < -0.3 is 20.0 Å². The summed E-state index contributed by atoms with van der Waals surface area (Å²) in [5, 5.41) is 5.42. The van der Waals surface area contributed by atoms with Gasteiger partial charge in [0.2, 0.25) is 5.91 Å². The number of imidazole rings is 1. The van der Waals surface area contributed by atoms with Crippen LogP contribution in [0.3, 0.4) is 0 Å². The molecule has 2 aromatic carbocycles. The van der Waals surface area contributed by atoms with E-state index in [1.54, 1.807) is 7.11 Å². The van der Waals surface area contributed by atoms with Crippen LogP contribution in [0.5, 0.6) is 5.75 Å². The number of methoxy groups -OCH3 is 1. The summed E-state index contributed by atoms with van der Waals surface area (Å²) in [5.74, 6) is 1.88. The van der Waals surface area contributed by atoms with Gasteiger partial charge in [-0.1, -0.05) is 19.8 Å². The molecule has 0 bridgehead atoms. The van der Waals surface area contributed by atoms with Crippen LogP contribution < -0.4 is 15.0 Å². The molecular weight excluding hydrogens is 502 g/mol. The van der Waals surface area contributed by atoms with Gasteiger partial charge in [-0.25, -0.2) is 9.97 Å². The van der Waals surface area contributed by atoms with Gasteiger partial charge in [-0.2, -0.15) is 0 Å². The Balaban J connectivity index is 1.33. The Bertz CT molecular complexity index is 1630. The second-order valence-corrected chi connectivity index (χ2v) is 10.4. The Morgan fingerprint density at radius 3 is 2.70 bits per heavy atom. The molecule has 0 fully saturated rings. The second kappa shape index (κ2) is 12.2. The summed E-state index contributed by atoms with van der Waals surface area (Å²) in [5.41, 5.74) is 6.06. The molecule has 0 saturated carbocycles. The molecule has 1 unspecified atom stereocenters. The Kier molecular flexibility index (Phi) is 8.34. The third-order valence-corrected chi connectivity index (χ3v) is 7.70. The van der Waals surface area contributed by atoms with E-state index < -0.39 is 0 Å². The van der Waals surface area contributed by atoms with Crippen molar-refractivity contribution in [1.29, 1.82) is 0 Å². The van der Waals surface area contributed by atoms with Gasteiger partial charge in [0.15, 0.2) is 5.69 Å². The quantitative estimate of drug-likeness (QED) is 0.135. The van der Waals surface area contributed by atoms with Gasteiger partial charge in [-0.05, 0) is 67.8 Å². The molecule has 1 atom stereocenters. The first-order valence-corrected chi connectivity index (χ1v) is 14.1. The lowest BCUT2D eigenvalue weighted by molar-refractivity contribution is -0.391. The maximum atomic E-state index is 13.4. The fourth-order valence-corrected chi connectivity index (χ4v) is 5.37. The van der Waals surface area contributed by atoms with Crippen molar-refractivity contribution < 1.29 is 19.3 Å². The lowest BCUT2D eigenvalue weighted by atomic mass is 10.0. The first-order chi connectivity index (χ1) is 19.4. The Hall–Kier alpha value is -4.33.